The summed E-state index contributed by atoms with van der Waals surface area (Å²) in [7, 11) is 0. The highest BCUT2D eigenvalue weighted by Crippen LogP contribution is 2.30. The summed E-state index contributed by atoms with van der Waals surface area (Å²) in [6.07, 6.45) is 5.05. The summed E-state index contributed by atoms with van der Waals surface area (Å²) in [4.78, 5) is 10.2. The van der Waals surface area contributed by atoms with Gasteiger partial charge in [0.25, 0.3) is 0 Å². The first-order valence-corrected chi connectivity index (χ1v) is 8.98. The molecule has 114 valence electrons. The van der Waals surface area contributed by atoms with E-state index in [9.17, 15) is 0 Å². The Kier molecular flexibility index (Phi) is 6.45. The molecule has 0 saturated heterocycles. The number of nitrogens with one attached hydrogen (secondary N) is 2. The van der Waals surface area contributed by atoms with Crippen molar-refractivity contribution in [3.8, 4) is 0 Å². The predicted octanol–water partition coefficient (Wildman–Crippen LogP) is 5.08. The monoisotopic (exact) mass is 368 g/mol. The lowest BCUT2D eigenvalue weighted by Gasteiger charge is -2.18. The fourth-order valence-electron chi connectivity index (χ4n) is 2.02. The molecule has 0 saturated carbocycles. The summed E-state index contributed by atoms with van der Waals surface area (Å²) in [5.41, 5.74) is 0. The first-order valence-electron chi connectivity index (χ1n) is 7.31. The van der Waals surface area contributed by atoms with Crippen LogP contribution in [0.15, 0.2) is 28.2 Å². The summed E-state index contributed by atoms with van der Waals surface area (Å²) in [6, 6.07) is 4.55. The SMILES string of the molecule is CCCNc1ncc(Br)c(NC(CCC)c2cccs2)n1. The third-order valence-corrected chi connectivity index (χ3v) is 4.62. The molecule has 0 aliphatic rings. The van der Waals surface area contributed by atoms with Crippen molar-refractivity contribution in [3.63, 3.8) is 0 Å². The van der Waals surface area contributed by atoms with E-state index in [0.717, 1.165) is 36.1 Å². The lowest BCUT2D eigenvalue weighted by atomic mass is 10.1. The van der Waals surface area contributed by atoms with Gasteiger partial charge >= 0.3 is 0 Å². The molecular formula is C15H21BrN4S. The van der Waals surface area contributed by atoms with Gasteiger partial charge in [0, 0.05) is 17.6 Å². The Hall–Kier alpha value is -1.14. The molecule has 6 heteroatoms. The normalized spacial score (nSPS) is 12.1. The molecule has 0 aliphatic carbocycles. The average Bonchev–Trinajstić information content (AvgIpc) is 3.01. The average molecular weight is 369 g/mol. The maximum absolute atomic E-state index is 4.57. The second-order valence-electron chi connectivity index (χ2n) is 4.82. The van der Waals surface area contributed by atoms with Crippen molar-refractivity contribution in [1.29, 1.82) is 0 Å². The number of halogens is 1. The molecule has 0 amide bonds. The Morgan fingerprint density at radius 1 is 1.33 bits per heavy atom. The zero-order valence-electron chi connectivity index (χ0n) is 12.4. The first kappa shape index (κ1) is 16.2. The van der Waals surface area contributed by atoms with Gasteiger partial charge in [-0.05, 0) is 40.2 Å². The first-order chi connectivity index (χ1) is 10.2. The van der Waals surface area contributed by atoms with Crippen molar-refractivity contribution >= 4 is 39.0 Å². The summed E-state index contributed by atoms with van der Waals surface area (Å²) in [5, 5.41) is 8.88. The number of thiophene rings is 1. The molecule has 0 bridgehead atoms. The van der Waals surface area contributed by atoms with Crippen molar-refractivity contribution in [2.45, 2.75) is 39.2 Å². The zero-order chi connectivity index (χ0) is 15.1. The van der Waals surface area contributed by atoms with Crippen LogP contribution in [0.4, 0.5) is 11.8 Å². The van der Waals surface area contributed by atoms with E-state index in [1.54, 1.807) is 17.5 Å². The van der Waals surface area contributed by atoms with E-state index < -0.39 is 0 Å². The molecule has 2 aromatic rings. The zero-order valence-corrected chi connectivity index (χ0v) is 14.8. The Labute approximate surface area is 138 Å². The number of aromatic nitrogens is 2. The maximum Gasteiger partial charge on any atom is 0.224 e. The quantitative estimate of drug-likeness (QED) is 0.682. The molecule has 0 aliphatic heterocycles. The Balaban J connectivity index is 2.15. The molecule has 1 atom stereocenters. The smallest absolute Gasteiger partial charge is 0.224 e. The molecule has 0 radical (unpaired) electrons. The van der Waals surface area contributed by atoms with Crippen LogP contribution in [0.5, 0.6) is 0 Å². The van der Waals surface area contributed by atoms with Crippen LogP contribution in [0.2, 0.25) is 0 Å². The topological polar surface area (TPSA) is 49.8 Å². The van der Waals surface area contributed by atoms with Gasteiger partial charge in [0.05, 0.1) is 10.5 Å². The van der Waals surface area contributed by atoms with Crippen LogP contribution in [0.1, 0.15) is 44.0 Å². The van der Waals surface area contributed by atoms with Crippen molar-refractivity contribution in [1.82, 2.24) is 9.97 Å². The van der Waals surface area contributed by atoms with E-state index in [-0.39, 0.29) is 0 Å². The van der Waals surface area contributed by atoms with Gasteiger partial charge in [0.1, 0.15) is 5.82 Å². The fourth-order valence-corrected chi connectivity index (χ4v) is 3.14. The lowest BCUT2D eigenvalue weighted by molar-refractivity contribution is 0.684. The molecule has 0 fully saturated rings. The third-order valence-electron chi connectivity index (χ3n) is 3.05. The van der Waals surface area contributed by atoms with Gasteiger partial charge in [-0.15, -0.1) is 11.3 Å². The molecule has 4 nitrogen and oxygen atoms in total. The van der Waals surface area contributed by atoms with E-state index >= 15 is 0 Å². The van der Waals surface area contributed by atoms with Gasteiger partial charge in [-0.1, -0.05) is 26.3 Å². The fraction of sp³-hybridized carbons (Fsp3) is 0.467. The van der Waals surface area contributed by atoms with Crippen molar-refractivity contribution < 1.29 is 0 Å². The van der Waals surface area contributed by atoms with Crippen LogP contribution < -0.4 is 10.6 Å². The summed E-state index contributed by atoms with van der Waals surface area (Å²) < 4.78 is 0.891. The van der Waals surface area contributed by atoms with Gasteiger partial charge < -0.3 is 10.6 Å². The van der Waals surface area contributed by atoms with Crippen molar-refractivity contribution in [2.75, 3.05) is 17.2 Å². The van der Waals surface area contributed by atoms with Crippen molar-refractivity contribution in [2.24, 2.45) is 0 Å². The largest absolute Gasteiger partial charge is 0.361 e. The Morgan fingerprint density at radius 3 is 2.86 bits per heavy atom. The summed E-state index contributed by atoms with van der Waals surface area (Å²) in [5.74, 6) is 1.51. The molecule has 0 spiro atoms. The predicted molar refractivity (Wildman–Crippen MR) is 94.1 cm³/mol. The Morgan fingerprint density at radius 2 is 2.19 bits per heavy atom. The third kappa shape index (κ3) is 4.68. The number of rotatable bonds is 8. The summed E-state index contributed by atoms with van der Waals surface area (Å²) in [6.45, 7) is 5.20. The molecule has 2 N–H and O–H groups in total. The van der Waals surface area contributed by atoms with Gasteiger partial charge in [-0.2, -0.15) is 4.98 Å². The van der Waals surface area contributed by atoms with Crippen molar-refractivity contribution in [3.05, 3.63) is 33.1 Å². The molecule has 1 unspecified atom stereocenters. The van der Waals surface area contributed by atoms with Gasteiger partial charge in [-0.25, -0.2) is 4.98 Å². The molecule has 2 aromatic heterocycles. The van der Waals surface area contributed by atoms with E-state index in [1.165, 1.54) is 4.88 Å². The minimum Gasteiger partial charge on any atom is -0.361 e. The van der Waals surface area contributed by atoms with Crippen LogP contribution in [-0.4, -0.2) is 16.5 Å². The van der Waals surface area contributed by atoms with E-state index in [2.05, 4.69) is 67.9 Å². The number of hydrogen-bond donors (Lipinski definition) is 2. The van der Waals surface area contributed by atoms with Gasteiger partial charge in [-0.3, -0.25) is 0 Å². The van der Waals surface area contributed by atoms with Gasteiger partial charge in [0.2, 0.25) is 5.95 Å². The standard InChI is InChI=1S/C15H21BrN4S/c1-3-6-12(13-7-5-9-21-13)19-14-11(16)10-18-15(20-14)17-8-4-2/h5,7,9-10,12H,3-4,6,8H2,1-2H3,(H2,17,18,19,20). The maximum atomic E-state index is 4.57. The van der Waals surface area contributed by atoms with Crippen LogP contribution in [0.3, 0.4) is 0 Å². The minimum atomic E-state index is 0.292. The van der Waals surface area contributed by atoms with Crippen LogP contribution >= 0.6 is 27.3 Å². The Bertz CT molecular complexity index is 545. The highest BCUT2D eigenvalue weighted by molar-refractivity contribution is 9.10. The molecule has 2 heterocycles. The molecular weight excluding hydrogens is 348 g/mol. The van der Waals surface area contributed by atoms with E-state index in [1.807, 2.05) is 0 Å². The number of hydrogen-bond acceptors (Lipinski definition) is 5. The highest BCUT2D eigenvalue weighted by Gasteiger charge is 2.14. The van der Waals surface area contributed by atoms with Gasteiger partial charge in [0.15, 0.2) is 0 Å². The second-order valence-corrected chi connectivity index (χ2v) is 6.65. The van der Waals surface area contributed by atoms with E-state index in [4.69, 9.17) is 0 Å². The second kappa shape index (κ2) is 8.34. The number of nitrogens with zero attached hydrogens (tertiary/aromatic N) is 2. The van der Waals surface area contributed by atoms with Crippen LogP contribution in [-0.2, 0) is 0 Å². The highest BCUT2D eigenvalue weighted by atomic mass is 79.9. The lowest BCUT2D eigenvalue weighted by Crippen LogP contribution is -2.12. The molecule has 0 aromatic carbocycles. The molecule has 21 heavy (non-hydrogen) atoms. The van der Waals surface area contributed by atoms with E-state index in [0.29, 0.717) is 12.0 Å². The van der Waals surface area contributed by atoms with Crippen LogP contribution in [0, 0.1) is 0 Å². The summed E-state index contributed by atoms with van der Waals surface area (Å²) >= 11 is 5.31. The molecule has 2 rings (SSSR count). The number of anilines is 2. The minimum absolute atomic E-state index is 0.292. The van der Waals surface area contributed by atoms with Crippen LogP contribution in [0.25, 0.3) is 0 Å².